The Labute approximate surface area is 165 Å². The number of carbonyl (C=O) groups is 1. The van der Waals surface area contributed by atoms with Gasteiger partial charge in [0, 0.05) is 28.2 Å². The number of nitrogens with zero attached hydrogens (tertiary/aromatic N) is 4. The number of likely N-dealkylation sites (N-methyl/N-ethyl adjacent to an activating group) is 1. The van der Waals surface area contributed by atoms with Gasteiger partial charge in [0.05, 0.1) is 25.0 Å². The third-order valence-corrected chi connectivity index (χ3v) is 3.57. The SMILES string of the molecule is CN=C(NCC(=O)N(C)C)N(C)Cc1ncc(-c2ccccc2)[nH]1.I. The zero-order valence-electron chi connectivity index (χ0n) is 15.0. The standard InChI is InChI=1S/C17H24N6O.HI/c1-18-17(20-11-16(24)22(2)3)23(4)12-15-19-10-14(21-15)13-8-6-5-7-9-13;/h5-10H,11-12H2,1-4H3,(H,18,20)(H,19,21);1H. The minimum atomic E-state index is -0.00564. The highest BCUT2D eigenvalue weighted by Gasteiger charge is 2.11. The van der Waals surface area contributed by atoms with E-state index in [9.17, 15) is 4.79 Å². The fourth-order valence-electron chi connectivity index (χ4n) is 2.20. The van der Waals surface area contributed by atoms with Gasteiger partial charge in [-0.2, -0.15) is 0 Å². The van der Waals surface area contributed by atoms with Crippen molar-refractivity contribution in [1.29, 1.82) is 0 Å². The maximum Gasteiger partial charge on any atom is 0.241 e. The number of aliphatic imine (C=N–C) groups is 1. The Balaban J connectivity index is 0.00000312. The van der Waals surface area contributed by atoms with Crippen molar-refractivity contribution >= 4 is 35.8 Å². The predicted octanol–water partition coefficient (Wildman–Crippen LogP) is 1.79. The van der Waals surface area contributed by atoms with Crippen LogP contribution in [0.2, 0.25) is 0 Å². The van der Waals surface area contributed by atoms with E-state index in [0.717, 1.165) is 17.1 Å². The van der Waals surface area contributed by atoms with Gasteiger partial charge in [0.15, 0.2) is 5.96 Å². The summed E-state index contributed by atoms with van der Waals surface area (Å²) in [6.45, 7) is 0.764. The highest BCUT2D eigenvalue weighted by Crippen LogP contribution is 2.16. The Morgan fingerprint density at radius 1 is 1.24 bits per heavy atom. The zero-order valence-corrected chi connectivity index (χ0v) is 17.3. The Morgan fingerprint density at radius 3 is 2.52 bits per heavy atom. The summed E-state index contributed by atoms with van der Waals surface area (Å²) in [5, 5.41) is 3.05. The fourth-order valence-corrected chi connectivity index (χ4v) is 2.20. The number of carbonyl (C=O) groups excluding carboxylic acids is 1. The Bertz CT molecular complexity index is 698. The summed E-state index contributed by atoms with van der Waals surface area (Å²) in [5.74, 6) is 1.47. The van der Waals surface area contributed by atoms with Crippen molar-refractivity contribution < 1.29 is 4.79 Å². The molecule has 2 N–H and O–H groups in total. The Hall–Kier alpha value is -2.10. The molecule has 1 aromatic carbocycles. The van der Waals surface area contributed by atoms with Gasteiger partial charge in [-0.15, -0.1) is 24.0 Å². The minimum Gasteiger partial charge on any atom is -0.347 e. The van der Waals surface area contributed by atoms with Gasteiger partial charge < -0.3 is 20.1 Å². The van der Waals surface area contributed by atoms with Gasteiger partial charge in [-0.25, -0.2) is 4.98 Å². The number of hydrogen-bond acceptors (Lipinski definition) is 3. The molecule has 0 saturated heterocycles. The highest BCUT2D eigenvalue weighted by atomic mass is 127. The topological polar surface area (TPSA) is 76.6 Å². The first kappa shape index (κ1) is 20.9. The van der Waals surface area contributed by atoms with Crippen LogP contribution in [0.5, 0.6) is 0 Å². The second-order valence-electron chi connectivity index (χ2n) is 5.65. The highest BCUT2D eigenvalue weighted by molar-refractivity contribution is 14.0. The van der Waals surface area contributed by atoms with E-state index in [1.807, 2.05) is 48.5 Å². The molecule has 0 saturated carbocycles. The van der Waals surface area contributed by atoms with Crippen LogP contribution in [0.15, 0.2) is 41.5 Å². The van der Waals surface area contributed by atoms with Crippen LogP contribution in [0.25, 0.3) is 11.3 Å². The molecule has 0 bridgehead atoms. The van der Waals surface area contributed by atoms with E-state index >= 15 is 0 Å². The Kier molecular flexibility index (Phi) is 8.39. The van der Waals surface area contributed by atoms with Crippen molar-refractivity contribution in [3.63, 3.8) is 0 Å². The molecule has 2 rings (SSSR count). The monoisotopic (exact) mass is 456 g/mol. The van der Waals surface area contributed by atoms with Crippen molar-refractivity contribution in [3.8, 4) is 11.3 Å². The number of benzene rings is 1. The molecule has 0 fully saturated rings. The lowest BCUT2D eigenvalue weighted by molar-refractivity contribution is -0.127. The first-order valence-electron chi connectivity index (χ1n) is 7.72. The van der Waals surface area contributed by atoms with E-state index in [0.29, 0.717) is 12.5 Å². The minimum absolute atomic E-state index is 0. The lowest BCUT2D eigenvalue weighted by Crippen LogP contribution is -2.43. The van der Waals surface area contributed by atoms with Crippen LogP contribution in [-0.4, -0.2) is 66.4 Å². The smallest absolute Gasteiger partial charge is 0.241 e. The summed E-state index contributed by atoms with van der Waals surface area (Å²) in [6.07, 6.45) is 1.82. The van der Waals surface area contributed by atoms with Crippen molar-refractivity contribution in [2.45, 2.75) is 6.54 Å². The summed E-state index contributed by atoms with van der Waals surface area (Å²) in [4.78, 5) is 27.1. The van der Waals surface area contributed by atoms with Crippen molar-refractivity contribution in [2.75, 3.05) is 34.7 Å². The number of H-pyrrole nitrogens is 1. The van der Waals surface area contributed by atoms with Crippen LogP contribution in [0.1, 0.15) is 5.82 Å². The van der Waals surface area contributed by atoms with E-state index in [1.165, 1.54) is 0 Å². The molecule has 0 aliphatic carbocycles. The van der Waals surface area contributed by atoms with Gasteiger partial charge in [0.25, 0.3) is 0 Å². The summed E-state index contributed by atoms with van der Waals surface area (Å²) in [5.41, 5.74) is 2.07. The molecule has 2 aromatic rings. The van der Waals surface area contributed by atoms with E-state index in [1.54, 1.807) is 26.0 Å². The molecule has 25 heavy (non-hydrogen) atoms. The van der Waals surface area contributed by atoms with Crippen molar-refractivity contribution in [3.05, 3.63) is 42.4 Å². The van der Waals surface area contributed by atoms with Crippen molar-refractivity contribution in [2.24, 2.45) is 4.99 Å². The molecule has 1 heterocycles. The lowest BCUT2D eigenvalue weighted by Gasteiger charge is -2.21. The van der Waals surface area contributed by atoms with E-state index in [2.05, 4.69) is 20.3 Å². The number of aromatic nitrogens is 2. The first-order chi connectivity index (χ1) is 11.5. The number of amides is 1. The maximum atomic E-state index is 11.7. The summed E-state index contributed by atoms with van der Waals surface area (Å²) < 4.78 is 0. The number of guanidine groups is 1. The summed E-state index contributed by atoms with van der Waals surface area (Å²) in [7, 11) is 7.05. The van der Waals surface area contributed by atoms with Gasteiger partial charge in [0.1, 0.15) is 5.82 Å². The normalized spacial score (nSPS) is 10.8. The van der Waals surface area contributed by atoms with Crippen molar-refractivity contribution in [1.82, 2.24) is 25.1 Å². The molecule has 8 heteroatoms. The quantitative estimate of drug-likeness (QED) is 0.409. The molecule has 1 aromatic heterocycles. The second kappa shape index (κ2) is 10.0. The maximum absolute atomic E-state index is 11.7. The summed E-state index contributed by atoms with van der Waals surface area (Å²) in [6, 6.07) is 10.0. The molecule has 7 nitrogen and oxygen atoms in total. The van der Waals surface area contributed by atoms with Gasteiger partial charge >= 0.3 is 0 Å². The van der Waals surface area contributed by atoms with Crippen LogP contribution < -0.4 is 5.32 Å². The van der Waals surface area contributed by atoms with Crippen LogP contribution in [0.4, 0.5) is 0 Å². The van der Waals surface area contributed by atoms with Crippen LogP contribution in [0, 0.1) is 0 Å². The molecule has 0 radical (unpaired) electrons. The average molecular weight is 456 g/mol. The molecular formula is C17H25IN6O. The van der Waals surface area contributed by atoms with Crippen LogP contribution >= 0.6 is 24.0 Å². The van der Waals surface area contributed by atoms with Crippen LogP contribution in [-0.2, 0) is 11.3 Å². The predicted molar refractivity (Wildman–Crippen MR) is 111 cm³/mol. The Morgan fingerprint density at radius 2 is 1.92 bits per heavy atom. The van der Waals surface area contributed by atoms with E-state index in [-0.39, 0.29) is 36.4 Å². The molecule has 0 unspecified atom stereocenters. The largest absolute Gasteiger partial charge is 0.347 e. The van der Waals surface area contributed by atoms with Gasteiger partial charge in [-0.1, -0.05) is 30.3 Å². The third-order valence-electron chi connectivity index (χ3n) is 3.57. The second-order valence-corrected chi connectivity index (χ2v) is 5.65. The summed E-state index contributed by atoms with van der Waals surface area (Å²) >= 11 is 0. The molecular weight excluding hydrogens is 431 g/mol. The number of imidazole rings is 1. The molecule has 0 aliphatic heterocycles. The number of nitrogens with one attached hydrogen (secondary N) is 2. The number of halogens is 1. The lowest BCUT2D eigenvalue weighted by atomic mass is 10.2. The third kappa shape index (κ3) is 6.04. The molecule has 1 amide bonds. The van der Waals surface area contributed by atoms with Gasteiger partial charge in [0.2, 0.25) is 5.91 Å². The van der Waals surface area contributed by atoms with Gasteiger partial charge in [-0.05, 0) is 5.56 Å². The molecule has 0 spiro atoms. The number of hydrogen-bond donors (Lipinski definition) is 2. The number of aromatic amines is 1. The first-order valence-corrected chi connectivity index (χ1v) is 7.72. The zero-order chi connectivity index (χ0) is 17.5. The number of rotatable bonds is 5. The van der Waals surface area contributed by atoms with E-state index < -0.39 is 0 Å². The fraction of sp³-hybridized carbons (Fsp3) is 0.353. The van der Waals surface area contributed by atoms with E-state index in [4.69, 9.17) is 0 Å². The molecule has 136 valence electrons. The van der Waals surface area contributed by atoms with Gasteiger partial charge in [-0.3, -0.25) is 9.79 Å². The molecule has 0 aliphatic rings. The molecule has 0 atom stereocenters. The average Bonchev–Trinajstić information content (AvgIpc) is 3.04. The van der Waals surface area contributed by atoms with Crippen LogP contribution in [0.3, 0.4) is 0 Å².